The van der Waals surface area contributed by atoms with Crippen LogP contribution in [0.4, 0.5) is 13.2 Å². The Balaban J connectivity index is 2.34. The number of likely N-dealkylation sites (tertiary alicyclic amines) is 1. The predicted octanol–water partition coefficient (Wildman–Crippen LogP) is 0.868. The van der Waals surface area contributed by atoms with Crippen molar-refractivity contribution in [2.75, 3.05) is 26.2 Å². The summed E-state index contributed by atoms with van der Waals surface area (Å²) in [6, 6.07) is -0.610. The van der Waals surface area contributed by atoms with Gasteiger partial charge in [-0.05, 0) is 19.3 Å². The minimum absolute atomic E-state index is 0.0235. The number of hydrogen-bond acceptors (Lipinski definition) is 3. The first-order chi connectivity index (χ1) is 8.42. The lowest BCUT2D eigenvalue weighted by molar-refractivity contribution is -0.135. The number of halogens is 3. The number of nitrogens with zero attached hydrogens (tertiary/aromatic N) is 1. The van der Waals surface area contributed by atoms with E-state index >= 15 is 0 Å². The summed E-state index contributed by atoms with van der Waals surface area (Å²) in [5, 5.41) is 2.28. The molecule has 7 heteroatoms. The highest BCUT2D eigenvalue weighted by Crippen LogP contribution is 2.14. The van der Waals surface area contributed by atoms with Crippen LogP contribution in [0.15, 0.2) is 0 Å². The van der Waals surface area contributed by atoms with Gasteiger partial charge in [-0.25, -0.2) is 0 Å². The van der Waals surface area contributed by atoms with Gasteiger partial charge in [0, 0.05) is 32.1 Å². The standard InChI is InChI=1S/C11H20F3N3O/c12-11(13,14)8-16-9(7-15)6-10(18)17-4-2-1-3-5-17/h9,16H,1-8,15H2. The molecule has 0 saturated carbocycles. The van der Waals surface area contributed by atoms with Gasteiger partial charge in [0.15, 0.2) is 0 Å². The van der Waals surface area contributed by atoms with Gasteiger partial charge >= 0.3 is 6.18 Å². The quantitative estimate of drug-likeness (QED) is 0.777. The topological polar surface area (TPSA) is 58.4 Å². The number of amides is 1. The largest absolute Gasteiger partial charge is 0.401 e. The molecule has 1 unspecified atom stereocenters. The molecule has 0 aromatic rings. The fourth-order valence-electron chi connectivity index (χ4n) is 1.98. The monoisotopic (exact) mass is 267 g/mol. The van der Waals surface area contributed by atoms with E-state index in [4.69, 9.17) is 5.73 Å². The number of nitrogens with one attached hydrogen (secondary N) is 1. The summed E-state index contributed by atoms with van der Waals surface area (Å²) < 4.78 is 36.1. The first-order valence-electron chi connectivity index (χ1n) is 6.20. The van der Waals surface area contributed by atoms with Crippen LogP contribution < -0.4 is 11.1 Å². The lowest BCUT2D eigenvalue weighted by Gasteiger charge is -2.28. The Kier molecular flexibility index (Phi) is 5.87. The van der Waals surface area contributed by atoms with Crippen LogP contribution in [0.3, 0.4) is 0 Å². The molecule has 0 radical (unpaired) electrons. The van der Waals surface area contributed by atoms with Crippen molar-refractivity contribution in [1.82, 2.24) is 10.2 Å². The summed E-state index contributed by atoms with van der Waals surface area (Å²) >= 11 is 0. The van der Waals surface area contributed by atoms with E-state index in [9.17, 15) is 18.0 Å². The molecule has 0 bridgehead atoms. The molecule has 0 aromatic carbocycles. The van der Waals surface area contributed by atoms with Crippen LogP contribution in [0.5, 0.6) is 0 Å². The zero-order chi connectivity index (χ0) is 13.6. The SMILES string of the molecule is NCC(CC(=O)N1CCCCC1)NCC(F)(F)F. The third-order valence-corrected chi connectivity index (χ3v) is 3.01. The van der Waals surface area contributed by atoms with Crippen molar-refractivity contribution in [3.63, 3.8) is 0 Å². The number of piperidine rings is 1. The van der Waals surface area contributed by atoms with Crippen LogP contribution in [-0.2, 0) is 4.79 Å². The highest BCUT2D eigenvalue weighted by Gasteiger charge is 2.29. The molecule has 1 atom stereocenters. The number of carbonyl (C=O) groups is 1. The van der Waals surface area contributed by atoms with Crippen molar-refractivity contribution >= 4 is 5.91 Å². The second-order valence-corrected chi connectivity index (χ2v) is 4.57. The fourth-order valence-corrected chi connectivity index (χ4v) is 1.98. The smallest absolute Gasteiger partial charge is 0.343 e. The van der Waals surface area contributed by atoms with E-state index in [0.29, 0.717) is 13.1 Å². The van der Waals surface area contributed by atoms with Gasteiger partial charge < -0.3 is 16.0 Å². The summed E-state index contributed by atoms with van der Waals surface area (Å²) in [7, 11) is 0. The van der Waals surface area contributed by atoms with Gasteiger partial charge in [-0.15, -0.1) is 0 Å². The van der Waals surface area contributed by atoms with E-state index < -0.39 is 18.8 Å². The Bertz CT molecular complexity index is 265. The maximum Gasteiger partial charge on any atom is 0.401 e. The van der Waals surface area contributed by atoms with Crippen molar-refractivity contribution in [2.24, 2.45) is 5.73 Å². The van der Waals surface area contributed by atoms with Crippen molar-refractivity contribution in [3.8, 4) is 0 Å². The Hall–Kier alpha value is -0.820. The van der Waals surface area contributed by atoms with E-state index in [1.54, 1.807) is 4.90 Å². The summed E-state index contributed by atoms with van der Waals surface area (Å²) in [5.41, 5.74) is 5.38. The van der Waals surface area contributed by atoms with Crippen molar-refractivity contribution in [2.45, 2.75) is 37.9 Å². The fraction of sp³-hybridized carbons (Fsp3) is 0.909. The van der Waals surface area contributed by atoms with Gasteiger partial charge in [0.25, 0.3) is 0 Å². The van der Waals surface area contributed by atoms with Crippen molar-refractivity contribution < 1.29 is 18.0 Å². The number of hydrogen-bond donors (Lipinski definition) is 2. The average Bonchev–Trinajstić information content (AvgIpc) is 2.34. The van der Waals surface area contributed by atoms with Crippen LogP contribution in [0, 0.1) is 0 Å². The van der Waals surface area contributed by atoms with E-state index in [-0.39, 0.29) is 18.9 Å². The van der Waals surface area contributed by atoms with Crippen LogP contribution in [0.1, 0.15) is 25.7 Å². The molecule has 3 N–H and O–H groups in total. The predicted molar refractivity (Wildman–Crippen MR) is 61.9 cm³/mol. The Morgan fingerprint density at radius 1 is 1.28 bits per heavy atom. The van der Waals surface area contributed by atoms with Gasteiger partial charge in [-0.2, -0.15) is 13.2 Å². The molecule has 1 heterocycles. The van der Waals surface area contributed by atoms with Gasteiger partial charge in [-0.3, -0.25) is 4.79 Å². The van der Waals surface area contributed by atoms with Crippen LogP contribution in [0.25, 0.3) is 0 Å². The molecule has 0 aliphatic carbocycles. The van der Waals surface area contributed by atoms with Crippen LogP contribution >= 0.6 is 0 Å². The molecule has 18 heavy (non-hydrogen) atoms. The highest BCUT2D eigenvalue weighted by molar-refractivity contribution is 5.76. The van der Waals surface area contributed by atoms with Crippen LogP contribution in [-0.4, -0.2) is 49.2 Å². The normalized spacial score (nSPS) is 18.8. The number of alkyl halides is 3. The molecule has 0 aromatic heterocycles. The van der Waals surface area contributed by atoms with Crippen molar-refractivity contribution in [1.29, 1.82) is 0 Å². The van der Waals surface area contributed by atoms with Gasteiger partial charge in [-0.1, -0.05) is 0 Å². The first-order valence-corrected chi connectivity index (χ1v) is 6.20. The minimum atomic E-state index is -4.28. The molecule has 1 aliphatic heterocycles. The second kappa shape index (κ2) is 6.94. The molecule has 1 rings (SSSR count). The Labute approximate surface area is 105 Å². The van der Waals surface area contributed by atoms with Gasteiger partial charge in [0.2, 0.25) is 5.91 Å². The zero-order valence-corrected chi connectivity index (χ0v) is 10.3. The van der Waals surface area contributed by atoms with E-state index in [2.05, 4.69) is 5.32 Å². The van der Waals surface area contributed by atoms with Crippen molar-refractivity contribution in [3.05, 3.63) is 0 Å². The number of nitrogens with two attached hydrogens (primary N) is 1. The van der Waals surface area contributed by atoms with Gasteiger partial charge in [0.05, 0.1) is 6.54 Å². The molecule has 0 spiro atoms. The second-order valence-electron chi connectivity index (χ2n) is 4.57. The van der Waals surface area contributed by atoms with E-state index in [1.165, 1.54) is 0 Å². The highest BCUT2D eigenvalue weighted by atomic mass is 19.4. The lowest BCUT2D eigenvalue weighted by atomic mass is 10.1. The molecule has 106 valence electrons. The molecular weight excluding hydrogens is 247 g/mol. The lowest BCUT2D eigenvalue weighted by Crippen LogP contribution is -2.46. The average molecular weight is 267 g/mol. The maximum absolute atomic E-state index is 12.0. The zero-order valence-electron chi connectivity index (χ0n) is 10.3. The van der Waals surface area contributed by atoms with Gasteiger partial charge in [0.1, 0.15) is 0 Å². The maximum atomic E-state index is 12.0. The van der Waals surface area contributed by atoms with E-state index in [0.717, 1.165) is 19.3 Å². The summed E-state index contributed by atoms with van der Waals surface area (Å²) in [4.78, 5) is 13.6. The first kappa shape index (κ1) is 15.2. The summed E-state index contributed by atoms with van der Waals surface area (Å²) in [6.45, 7) is 0.322. The molecule has 4 nitrogen and oxygen atoms in total. The third-order valence-electron chi connectivity index (χ3n) is 3.01. The molecule has 1 fully saturated rings. The van der Waals surface area contributed by atoms with E-state index in [1.807, 2.05) is 0 Å². The molecule has 1 amide bonds. The number of rotatable bonds is 5. The Morgan fingerprint density at radius 3 is 2.39 bits per heavy atom. The molecule has 1 aliphatic rings. The number of carbonyl (C=O) groups excluding carboxylic acids is 1. The molecular formula is C11H20F3N3O. The Morgan fingerprint density at radius 2 is 1.89 bits per heavy atom. The minimum Gasteiger partial charge on any atom is -0.343 e. The summed E-state index contributed by atoms with van der Waals surface area (Å²) in [5.74, 6) is -0.111. The summed E-state index contributed by atoms with van der Waals surface area (Å²) in [6.07, 6.45) is -1.20. The van der Waals surface area contributed by atoms with Crippen LogP contribution in [0.2, 0.25) is 0 Å². The molecule has 1 saturated heterocycles. The third kappa shape index (κ3) is 5.68.